The molecule has 6 amide bonds. The number of aromatic hydroxyl groups is 1. The minimum Gasteiger partial charge on any atom is -0.508 e. The van der Waals surface area contributed by atoms with Crippen molar-refractivity contribution in [3.05, 3.63) is 65.7 Å². The molecule has 0 fully saturated rings. The van der Waals surface area contributed by atoms with Crippen LogP contribution in [-0.2, 0) is 51.2 Å². The molecule has 300 valence electrons. The molecule has 0 heterocycles. The van der Waals surface area contributed by atoms with Gasteiger partial charge in [-0.15, -0.1) is 0 Å². The molecule has 0 spiro atoms. The molecule has 55 heavy (non-hydrogen) atoms. The molecule has 0 saturated heterocycles. The molecule has 2 aromatic carbocycles. The van der Waals surface area contributed by atoms with Crippen LogP contribution in [0.2, 0.25) is 0 Å². The molecule has 19 nitrogen and oxygen atoms in total. The highest BCUT2D eigenvalue weighted by molar-refractivity contribution is 5.96. The fourth-order valence-corrected chi connectivity index (χ4v) is 5.03. The third kappa shape index (κ3) is 15.8. The monoisotopic (exact) mass is 771 g/mol. The van der Waals surface area contributed by atoms with Gasteiger partial charge < -0.3 is 58.1 Å². The zero-order valence-electron chi connectivity index (χ0n) is 30.6. The highest BCUT2D eigenvalue weighted by atomic mass is 16.4. The molecule has 0 aliphatic carbocycles. The van der Waals surface area contributed by atoms with Gasteiger partial charge in [-0.05, 0) is 48.9 Å². The second kappa shape index (κ2) is 22.2. The van der Waals surface area contributed by atoms with E-state index < -0.39 is 116 Å². The maximum absolute atomic E-state index is 13.1. The molecule has 0 aliphatic rings. The van der Waals surface area contributed by atoms with E-state index in [1.807, 2.05) is 0 Å². The maximum Gasteiger partial charge on any atom is 0.326 e. The van der Waals surface area contributed by atoms with Gasteiger partial charge in [0, 0.05) is 12.8 Å². The van der Waals surface area contributed by atoms with Crippen molar-refractivity contribution in [2.24, 2.45) is 11.7 Å². The number of hydrogen-bond donors (Lipinski definition) is 11. The van der Waals surface area contributed by atoms with Crippen LogP contribution in [0.5, 0.6) is 5.75 Å². The number of phenolic OH excluding ortho intramolecular Hbond substituents is 1. The predicted octanol–water partition coefficient (Wildman–Crippen LogP) is -2.34. The number of benzene rings is 2. The number of aliphatic carboxylic acids is 2. The van der Waals surface area contributed by atoms with Crippen molar-refractivity contribution < 1.29 is 58.8 Å². The Hall–Kier alpha value is -6.08. The minimum atomic E-state index is -1.67. The highest BCUT2D eigenvalue weighted by Gasteiger charge is 2.31. The summed E-state index contributed by atoms with van der Waals surface area (Å²) < 4.78 is 0. The largest absolute Gasteiger partial charge is 0.508 e. The van der Waals surface area contributed by atoms with Gasteiger partial charge in [-0.1, -0.05) is 56.3 Å². The van der Waals surface area contributed by atoms with Crippen LogP contribution in [0.15, 0.2) is 54.6 Å². The average Bonchev–Trinajstić information content (AvgIpc) is 3.13. The first-order chi connectivity index (χ1) is 25.9. The lowest BCUT2D eigenvalue weighted by molar-refractivity contribution is -0.142. The number of nitrogens with two attached hydrogens (primary N) is 1. The third-order valence-electron chi connectivity index (χ3n) is 8.16. The van der Waals surface area contributed by atoms with Crippen LogP contribution < -0.4 is 37.6 Å². The standard InChI is InChI=1S/C36H49N7O12/c1-19(2)30(43-32(50)24(37)15-22-9-11-23(45)12-10-22)35(53)38-17-28(46)40-27(18-44)34(52)41-25(13-14-29(47)48)33(51)39-20(3)31(49)42-26(36(54)55)16-21-7-5-4-6-8-21/h4-12,19-20,24-27,30,44-45H,13-18,37H2,1-3H3,(H,38,53)(H,39,51)(H,40,46)(H,41,52)(H,42,49)(H,43,50)(H,47,48)(H,54,55)/t20-,24-,25-,26-,27-,30-/m0/s1. The summed E-state index contributed by atoms with van der Waals surface area (Å²) in [6.07, 6.45) is -1.00. The summed E-state index contributed by atoms with van der Waals surface area (Å²) in [5, 5.41) is 52.0. The van der Waals surface area contributed by atoms with Gasteiger partial charge >= 0.3 is 11.9 Å². The smallest absolute Gasteiger partial charge is 0.326 e. The Bertz CT molecular complexity index is 1660. The number of carboxylic acid groups (broad SMARTS) is 2. The molecule has 0 bridgehead atoms. The van der Waals surface area contributed by atoms with Crippen LogP contribution >= 0.6 is 0 Å². The quantitative estimate of drug-likeness (QED) is 0.0599. The Morgan fingerprint density at radius 3 is 1.80 bits per heavy atom. The van der Waals surface area contributed by atoms with Gasteiger partial charge in [0.05, 0.1) is 19.2 Å². The minimum absolute atomic E-state index is 0.0403. The van der Waals surface area contributed by atoms with E-state index in [4.69, 9.17) is 5.73 Å². The number of carboxylic acids is 2. The molecule has 2 rings (SSSR count). The van der Waals surface area contributed by atoms with Gasteiger partial charge in [0.15, 0.2) is 0 Å². The lowest BCUT2D eigenvalue weighted by atomic mass is 10.0. The molecule has 0 radical (unpaired) electrons. The first-order valence-corrected chi connectivity index (χ1v) is 17.3. The first kappa shape index (κ1) is 45.1. The Kier molecular flexibility index (Phi) is 18.2. The lowest BCUT2D eigenvalue weighted by Crippen LogP contribution is -2.58. The van der Waals surface area contributed by atoms with E-state index in [1.54, 1.807) is 56.3 Å². The average molecular weight is 772 g/mol. The fourth-order valence-electron chi connectivity index (χ4n) is 5.03. The molecule has 12 N–H and O–H groups in total. The second-order valence-corrected chi connectivity index (χ2v) is 13.0. The van der Waals surface area contributed by atoms with Crippen LogP contribution in [-0.4, -0.2) is 117 Å². The number of amides is 6. The van der Waals surface area contributed by atoms with E-state index >= 15 is 0 Å². The SMILES string of the molecule is CC(C)[C@H](NC(=O)[C@@H](N)Cc1ccc(O)cc1)C(=O)NCC(=O)N[C@@H](CO)C(=O)N[C@@H](CCC(=O)O)C(=O)N[C@@H](C)C(=O)N[C@@H](Cc1ccccc1)C(=O)O. The number of phenols is 1. The van der Waals surface area contributed by atoms with Gasteiger partial charge in [-0.25, -0.2) is 4.79 Å². The molecule has 0 unspecified atom stereocenters. The number of carbonyl (C=O) groups is 8. The molecular weight excluding hydrogens is 722 g/mol. The highest BCUT2D eigenvalue weighted by Crippen LogP contribution is 2.12. The molecular formula is C36H49N7O12. The number of carbonyl (C=O) groups excluding carboxylic acids is 6. The number of rotatable bonds is 22. The third-order valence-corrected chi connectivity index (χ3v) is 8.16. The van der Waals surface area contributed by atoms with Crippen molar-refractivity contribution in [3.8, 4) is 5.75 Å². The Morgan fingerprint density at radius 2 is 1.24 bits per heavy atom. The van der Waals surface area contributed by atoms with Crippen LogP contribution in [0.3, 0.4) is 0 Å². The Morgan fingerprint density at radius 1 is 0.655 bits per heavy atom. The van der Waals surface area contributed by atoms with Crippen molar-refractivity contribution in [2.75, 3.05) is 13.2 Å². The fraction of sp³-hybridized carbons (Fsp3) is 0.444. The Labute approximate surface area is 316 Å². The van der Waals surface area contributed by atoms with E-state index in [9.17, 15) is 58.8 Å². The van der Waals surface area contributed by atoms with E-state index in [1.165, 1.54) is 19.1 Å². The summed E-state index contributed by atoms with van der Waals surface area (Å²) in [5.41, 5.74) is 7.30. The van der Waals surface area contributed by atoms with Crippen LogP contribution in [0, 0.1) is 5.92 Å². The van der Waals surface area contributed by atoms with Gasteiger partial charge in [-0.3, -0.25) is 33.6 Å². The van der Waals surface area contributed by atoms with Crippen molar-refractivity contribution in [2.45, 2.75) is 82.7 Å². The van der Waals surface area contributed by atoms with Crippen LogP contribution in [0.25, 0.3) is 0 Å². The molecule has 2 aromatic rings. The number of aliphatic hydroxyl groups excluding tert-OH is 1. The summed E-state index contributed by atoms with van der Waals surface area (Å²) in [5.74, 6) is -8.38. The van der Waals surface area contributed by atoms with E-state index in [0.29, 0.717) is 11.1 Å². The number of nitrogens with one attached hydrogen (secondary N) is 6. The summed E-state index contributed by atoms with van der Waals surface area (Å²) >= 11 is 0. The van der Waals surface area contributed by atoms with Crippen molar-refractivity contribution in [3.63, 3.8) is 0 Å². The van der Waals surface area contributed by atoms with Crippen molar-refractivity contribution >= 4 is 47.4 Å². The zero-order valence-corrected chi connectivity index (χ0v) is 30.6. The number of hydrogen-bond acceptors (Lipinski definition) is 11. The van der Waals surface area contributed by atoms with Gasteiger partial charge in [-0.2, -0.15) is 0 Å². The summed E-state index contributed by atoms with van der Waals surface area (Å²) in [4.78, 5) is 100. The van der Waals surface area contributed by atoms with E-state index in [2.05, 4.69) is 31.9 Å². The second-order valence-electron chi connectivity index (χ2n) is 13.0. The van der Waals surface area contributed by atoms with Crippen LogP contribution in [0.4, 0.5) is 0 Å². The van der Waals surface area contributed by atoms with Gasteiger partial charge in [0.25, 0.3) is 0 Å². The molecule has 6 atom stereocenters. The zero-order chi connectivity index (χ0) is 41.2. The van der Waals surface area contributed by atoms with E-state index in [-0.39, 0.29) is 18.6 Å². The normalized spacial score (nSPS) is 14.1. The first-order valence-electron chi connectivity index (χ1n) is 17.3. The molecule has 0 aliphatic heterocycles. The van der Waals surface area contributed by atoms with Gasteiger partial charge in [0.1, 0.15) is 36.0 Å². The topological polar surface area (TPSA) is 316 Å². The Balaban J connectivity index is 1.98. The van der Waals surface area contributed by atoms with Crippen molar-refractivity contribution in [1.29, 1.82) is 0 Å². The summed E-state index contributed by atoms with van der Waals surface area (Å²) in [6.45, 7) is 2.87. The van der Waals surface area contributed by atoms with Crippen LogP contribution in [0.1, 0.15) is 44.7 Å². The molecule has 0 saturated carbocycles. The predicted molar refractivity (Wildman–Crippen MR) is 195 cm³/mol. The molecule has 19 heteroatoms. The summed E-state index contributed by atoms with van der Waals surface area (Å²) in [6, 6.07) is 6.47. The van der Waals surface area contributed by atoms with Gasteiger partial charge in [0.2, 0.25) is 35.4 Å². The molecule has 0 aromatic heterocycles. The van der Waals surface area contributed by atoms with Crippen molar-refractivity contribution in [1.82, 2.24) is 31.9 Å². The summed E-state index contributed by atoms with van der Waals surface area (Å²) in [7, 11) is 0. The maximum atomic E-state index is 13.1. The lowest BCUT2D eigenvalue weighted by Gasteiger charge is -2.25. The number of aliphatic hydroxyl groups is 1. The van der Waals surface area contributed by atoms with E-state index in [0.717, 1.165) is 0 Å².